The first-order valence-electron chi connectivity index (χ1n) is 10.6. The summed E-state index contributed by atoms with van der Waals surface area (Å²) in [5.74, 6) is -1.57. The maximum atomic E-state index is 14.9. The van der Waals surface area contributed by atoms with Crippen LogP contribution in [-0.4, -0.2) is 35.3 Å². The average molecular weight is 416 g/mol. The van der Waals surface area contributed by atoms with E-state index in [1.807, 2.05) is 0 Å². The number of hydrogen-bond donors (Lipinski definition) is 1. The van der Waals surface area contributed by atoms with Gasteiger partial charge >= 0.3 is 5.97 Å². The molecule has 0 atom stereocenters. The molecule has 0 radical (unpaired) electrons. The molecular weight excluding hydrogens is 390 g/mol. The molecule has 0 spiro atoms. The Balaban J connectivity index is 1.50. The number of aliphatic carboxylic acids is 1. The van der Waals surface area contributed by atoms with Crippen molar-refractivity contribution in [3.8, 4) is 17.1 Å². The van der Waals surface area contributed by atoms with Gasteiger partial charge in [-0.25, -0.2) is 13.8 Å². The van der Waals surface area contributed by atoms with E-state index in [-0.39, 0.29) is 24.1 Å². The minimum absolute atomic E-state index is 0.0501. The first-order chi connectivity index (χ1) is 14.5. The molecule has 1 aromatic heterocycles. The molecule has 5 nitrogen and oxygen atoms in total. The Morgan fingerprint density at radius 3 is 2.40 bits per heavy atom. The van der Waals surface area contributed by atoms with Crippen LogP contribution in [0, 0.1) is 17.6 Å². The number of hydrogen-bond acceptors (Lipinski definition) is 4. The number of anilines is 1. The smallest absolute Gasteiger partial charge is 0.303 e. The summed E-state index contributed by atoms with van der Waals surface area (Å²) in [6.45, 7) is 0.877. The largest absolute Gasteiger partial charge is 0.481 e. The number of benzene rings is 1. The van der Waals surface area contributed by atoms with E-state index in [1.165, 1.54) is 12.1 Å². The summed E-state index contributed by atoms with van der Waals surface area (Å²) in [6.07, 6.45) is 5.78. The van der Waals surface area contributed by atoms with Gasteiger partial charge in [0.1, 0.15) is 23.4 Å². The Hall–Kier alpha value is -2.70. The summed E-state index contributed by atoms with van der Waals surface area (Å²) < 4.78 is 35.7. The van der Waals surface area contributed by atoms with Crippen molar-refractivity contribution >= 4 is 11.7 Å². The molecule has 1 aliphatic carbocycles. The van der Waals surface area contributed by atoms with Crippen LogP contribution in [0.5, 0.6) is 5.88 Å². The van der Waals surface area contributed by atoms with Crippen LogP contribution in [0.4, 0.5) is 14.5 Å². The van der Waals surface area contributed by atoms with Crippen molar-refractivity contribution in [1.29, 1.82) is 0 Å². The number of ether oxygens (including phenoxy) is 1. The molecule has 4 rings (SSSR count). The standard InChI is InChI=1S/C23H26F2N2O3/c24-18-13-16(20-6-3-7-21(26-20)30-17-4-1-2-5-17)14-19(25)23(18)27-10-8-15(9-11-27)12-22(28)29/h3,6-7,13-15,17H,1-2,4-5,8-12H2,(H,28,29). The number of halogens is 2. The lowest BCUT2D eigenvalue weighted by Crippen LogP contribution is -2.35. The summed E-state index contributed by atoms with van der Waals surface area (Å²) in [5.41, 5.74) is 0.785. The molecule has 1 N–H and O–H groups in total. The molecule has 2 aliphatic rings. The number of nitrogens with zero attached hydrogens (tertiary/aromatic N) is 2. The summed E-state index contributed by atoms with van der Waals surface area (Å²) in [7, 11) is 0. The molecule has 2 heterocycles. The van der Waals surface area contributed by atoms with Crippen molar-refractivity contribution < 1.29 is 23.4 Å². The second-order valence-electron chi connectivity index (χ2n) is 8.20. The maximum Gasteiger partial charge on any atom is 0.303 e. The zero-order chi connectivity index (χ0) is 21.1. The van der Waals surface area contributed by atoms with Crippen LogP contribution in [0.1, 0.15) is 44.9 Å². The number of pyridine rings is 1. The predicted octanol–water partition coefficient (Wildman–Crippen LogP) is 5.04. The number of aromatic nitrogens is 1. The lowest BCUT2D eigenvalue weighted by Gasteiger charge is -2.33. The Labute approximate surface area is 174 Å². The number of piperidine rings is 1. The van der Waals surface area contributed by atoms with E-state index < -0.39 is 17.6 Å². The van der Waals surface area contributed by atoms with Crippen LogP contribution in [0.15, 0.2) is 30.3 Å². The zero-order valence-corrected chi connectivity index (χ0v) is 16.8. The van der Waals surface area contributed by atoms with E-state index in [9.17, 15) is 13.6 Å². The summed E-state index contributed by atoms with van der Waals surface area (Å²) in [4.78, 5) is 17.0. The molecule has 0 bridgehead atoms. The van der Waals surface area contributed by atoms with Crippen molar-refractivity contribution in [2.75, 3.05) is 18.0 Å². The number of rotatable bonds is 6. The van der Waals surface area contributed by atoms with Gasteiger partial charge in [-0.3, -0.25) is 4.79 Å². The fourth-order valence-corrected chi connectivity index (χ4v) is 4.44. The van der Waals surface area contributed by atoms with Crippen molar-refractivity contribution in [2.45, 2.75) is 51.0 Å². The molecule has 2 aromatic rings. The molecule has 1 saturated heterocycles. The van der Waals surface area contributed by atoms with Crippen molar-refractivity contribution in [2.24, 2.45) is 5.92 Å². The van der Waals surface area contributed by atoms with E-state index >= 15 is 0 Å². The third kappa shape index (κ3) is 4.71. The van der Waals surface area contributed by atoms with Gasteiger partial charge in [0.25, 0.3) is 0 Å². The number of carboxylic acids is 1. The third-order valence-corrected chi connectivity index (χ3v) is 6.02. The van der Waals surface area contributed by atoms with Crippen molar-refractivity contribution in [3.05, 3.63) is 42.0 Å². The van der Waals surface area contributed by atoms with Gasteiger partial charge in [0, 0.05) is 31.1 Å². The fraction of sp³-hybridized carbons (Fsp3) is 0.478. The second kappa shape index (κ2) is 8.98. The van der Waals surface area contributed by atoms with Gasteiger partial charge in [-0.1, -0.05) is 6.07 Å². The minimum Gasteiger partial charge on any atom is -0.481 e. The quantitative estimate of drug-likeness (QED) is 0.715. The van der Waals surface area contributed by atoms with E-state index in [0.717, 1.165) is 25.7 Å². The number of carboxylic acid groups (broad SMARTS) is 1. The predicted molar refractivity (Wildman–Crippen MR) is 110 cm³/mol. The van der Waals surface area contributed by atoms with Gasteiger partial charge in [0.15, 0.2) is 0 Å². The van der Waals surface area contributed by atoms with Crippen LogP contribution in [0.25, 0.3) is 11.3 Å². The third-order valence-electron chi connectivity index (χ3n) is 6.02. The first kappa shape index (κ1) is 20.6. The summed E-state index contributed by atoms with van der Waals surface area (Å²) in [5, 5.41) is 8.93. The van der Waals surface area contributed by atoms with Gasteiger partial charge in [-0.05, 0) is 62.6 Å². The Kier molecular flexibility index (Phi) is 6.16. The SMILES string of the molecule is O=C(O)CC1CCN(c2c(F)cc(-c3cccc(OC4CCCC4)n3)cc2F)CC1. The Morgan fingerprint density at radius 1 is 1.10 bits per heavy atom. The highest BCUT2D eigenvalue weighted by molar-refractivity contribution is 5.67. The molecule has 0 unspecified atom stereocenters. The van der Waals surface area contributed by atoms with E-state index in [2.05, 4.69) is 4.98 Å². The van der Waals surface area contributed by atoms with Crippen molar-refractivity contribution in [3.63, 3.8) is 0 Å². The van der Waals surface area contributed by atoms with Crippen LogP contribution >= 0.6 is 0 Å². The van der Waals surface area contributed by atoms with Crippen LogP contribution in [-0.2, 0) is 4.79 Å². The molecule has 2 fully saturated rings. The lowest BCUT2D eigenvalue weighted by molar-refractivity contribution is -0.138. The average Bonchev–Trinajstić information content (AvgIpc) is 3.21. The summed E-state index contributed by atoms with van der Waals surface area (Å²) in [6, 6.07) is 7.88. The van der Waals surface area contributed by atoms with Gasteiger partial charge in [-0.15, -0.1) is 0 Å². The summed E-state index contributed by atoms with van der Waals surface area (Å²) >= 11 is 0. The van der Waals surface area contributed by atoms with Crippen LogP contribution in [0.3, 0.4) is 0 Å². The first-order valence-corrected chi connectivity index (χ1v) is 10.6. The van der Waals surface area contributed by atoms with Crippen molar-refractivity contribution in [1.82, 2.24) is 4.98 Å². The van der Waals surface area contributed by atoms with E-state index in [1.54, 1.807) is 23.1 Å². The molecule has 1 aliphatic heterocycles. The highest BCUT2D eigenvalue weighted by atomic mass is 19.1. The second-order valence-corrected chi connectivity index (χ2v) is 8.20. The molecule has 160 valence electrons. The van der Waals surface area contributed by atoms with Crippen LogP contribution in [0.2, 0.25) is 0 Å². The number of carbonyl (C=O) groups is 1. The van der Waals surface area contributed by atoms with E-state index in [4.69, 9.17) is 9.84 Å². The molecule has 7 heteroatoms. The van der Waals surface area contributed by atoms with Crippen LogP contribution < -0.4 is 9.64 Å². The minimum atomic E-state index is -0.832. The fourth-order valence-electron chi connectivity index (χ4n) is 4.44. The molecule has 0 amide bonds. The van der Waals surface area contributed by atoms with Gasteiger partial charge < -0.3 is 14.7 Å². The molecular formula is C23H26F2N2O3. The van der Waals surface area contributed by atoms with E-state index in [0.29, 0.717) is 43.1 Å². The topological polar surface area (TPSA) is 62.7 Å². The maximum absolute atomic E-state index is 14.9. The highest BCUT2D eigenvalue weighted by Gasteiger charge is 2.26. The monoisotopic (exact) mass is 416 g/mol. The van der Waals surface area contributed by atoms with Gasteiger partial charge in [-0.2, -0.15) is 0 Å². The molecule has 1 saturated carbocycles. The molecule has 30 heavy (non-hydrogen) atoms. The normalized spacial score (nSPS) is 18.0. The Bertz CT molecular complexity index is 884. The lowest BCUT2D eigenvalue weighted by atomic mass is 9.93. The molecule has 1 aromatic carbocycles. The van der Waals surface area contributed by atoms with Gasteiger partial charge in [0.2, 0.25) is 5.88 Å². The zero-order valence-electron chi connectivity index (χ0n) is 16.8. The highest BCUT2D eigenvalue weighted by Crippen LogP contribution is 2.33. The Morgan fingerprint density at radius 2 is 1.77 bits per heavy atom. The van der Waals surface area contributed by atoms with Gasteiger partial charge in [0.05, 0.1) is 5.69 Å².